The van der Waals surface area contributed by atoms with Gasteiger partial charge < -0.3 is 4.74 Å². The van der Waals surface area contributed by atoms with Crippen molar-refractivity contribution >= 4 is 12.6 Å². The van der Waals surface area contributed by atoms with Crippen molar-refractivity contribution in [2.45, 2.75) is 25.7 Å². The Morgan fingerprint density at radius 3 is 2.10 bits per heavy atom. The molecule has 1 nitrogen and oxygen atoms in total. The molecule has 2 aromatic carbocycles. The Balaban J connectivity index is 1.65. The monoisotopic (exact) mass is 298 g/mol. The van der Waals surface area contributed by atoms with Gasteiger partial charge in [0.15, 0.2) is 0 Å². The molecule has 0 N–H and O–H groups in total. The average Bonchev–Trinajstić information content (AvgIpc) is 3.04. The molecule has 3 rings (SSSR count). The first kappa shape index (κ1) is 14.5. The van der Waals surface area contributed by atoms with Crippen LogP contribution in [0.3, 0.4) is 0 Å². The van der Waals surface area contributed by atoms with E-state index in [1.165, 1.54) is 36.8 Å². The van der Waals surface area contributed by atoms with Gasteiger partial charge in [0.2, 0.25) is 0 Å². The number of rotatable bonds is 5. The Bertz CT molecular complexity index is 556. The molecule has 0 radical (unpaired) electrons. The van der Waals surface area contributed by atoms with Crippen LogP contribution < -0.4 is 4.74 Å². The zero-order valence-corrected chi connectivity index (χ0v) is 13.2. The number of thiol groups is 1. The largest absolute Gasteiger partial charge is 0.493 e. The van der Waals surface area contributed by atoms with Crippen LogP contribution >= 0.6 is 12.6 Å². The van der Waals surface area contributed by atoms with Crippen LogP contribution in [0.5, 0.6) is 5.75 Å². The van der Waals surface area contributed by atoms with Crippen LogP contribution in [0.2, 0.25) is 0 Å². The molecule has 0 aliphatic heterocycles. The lowest BCUT2D eigenvalue weighted by atomic mass is 9.90. The van der Waals surface area contributed by atoms with Gasteiger partial charge in [0.25, 0.3) is 0 Å². The van der Waals surface area contributed by atoms with Gasteiger partial charge in [0, 0.05) is 5.41 Å². The summed E-state index contributed by atoms with van der Waals surface area (Å²) in [5.74, 6) is 1.89. The Kier molecular flexibility index (Phi) is 4.54. The number of hydrogen-bond donors (Lipinski definition) is 1. The number of ether oxygens (including phenoxy) is 1. The number of benzene rings is 2. The zero-order valence-electron chi connectivity index (χ0n) is 12.3. The first-order valence-electron chi connectivity index (χ1n) is 7.71. The van der Waals surface area contributed by atoms with Crippen LogP contribution in [-0.4, -0.2) is 12.4 Å². The molecule has 1 saturated carbocycles. The van der Waals surface area contributed by atoms with Crippen LogP contribution in [0.1, 0.15) is 25.7 Å². The highest BCUT2D eigenvalue weighted by Crippen LogP contribution is 2.39. The van der Waals surface area contributed by atoms with E-state index in [1.807, 2.05) is 6.07 Å². The van der Waals surface area contributed by atoms with Crippen molar-refractivity contribution in [2.75, 3.05) is 12.4 Å². The second-order valence-corrected chi connectivity index (χ2v) is 6.36. The minimum Gasteiger partial charge on any atom is -0.493 e. The normalized spacial score (nSPS) is 16.8. The van der Waals surface area contributed by atoms with E-state index in [0.29, 0.717) is 5.41 Å². The highest BCUT2D eigenvalue weighted by atomic mass is 32.1. The maximum atomic E-state index is 6.03. The van der Waals surface area contributed by atoms with Crippen LogP contribution in [0, 0.1) is 5.41 Å². The third-order valence-electron chi connectivity index (χ3n) is 4.51. The van der Waals surface area contributed by atoms with Crippen LogP contribution in [0.15, 0.2) is 54.6 Å². The Hall–Kier alpha value is -1.41. The summed E-state index contributed by atoms with van der Waals surface area (Å²) in [6, 6.07) is 18.8. The van der Waals surface area contributed by atoms with Gasteiger partial charge in [0.05, 0.1) is 6.61 Å². The first-order valence-corrected chi connectivity index (χ1v) is 8.34. The van der Waals surface area contributed by atoms with Crippen molar-refractivity contribution in [1.29, 1.82) is 0 Å². The second kappa shape index (κ2) is 6.57. The van der Waals surface area contributed by atoms with E-state index in [0.717, 1.165) is 18.1 Å². The fourth-order valence-electron chi connectivity index (χ4n) is 3.08. The molecule has 2 aromatic rings. The molecule has 1 aliphatic rings. The third-order valence-corrected chi connectivity index (χ3v) is 5.18. The highest BCUT2D eigenvalue weighted by molar-refractivity contribution is 7.80. The Labute approximate surface area is 132 Å². The summed E-state index contributed by atoms with van der Waals surface area (Å²) in [5.41, 5.74) is 2.76. The van der Waals surface area contributed by atoms with Gasteiger partial charge in [-0.3, -0.25) is 0 Å². The van der Waals surface area contributed by atoms with Crippen molar-refractivity contribution < 1.29 is 4.74 Å². The summed E-state index contributed by atoms with van der Waals surface area (Å²) < 4.78 is 6.03. The van der Waals surface area contributed by atoms with Gasteiger partial charge in [-0.05, 0) is 41.9 Å². The van der Waals surface area contributed by atoms with E-state index in [1.54, 1.807) is 0 Å². The summed E-state index contributed by atoms with van der Waals surface area (Å²) in [4.78, 5) is 0. The molecule has 0 unspecified atom stereocenters. The summed E-state index contributed by atoms with van der Waals surface area (Å²) in [6.07, 6.45) is 5.13. The van der Waals surface area contributed by atoms with Gasteiger partial charge in [0.1, 0.15) is 5.75 Å². The SMILES string of the molecule is SCC1(COc2ccc(-c3ccccc3)cc2)CCCC1. The molecule has 110 valence electrons. The molecule has 0 bridgehead atoms. The fraction of sp³-hybridized carbons (Fsp3) is 0.368. The standard InChI is InChI=1S/C19H22OS/c21-15-19(12-4-5-13-19)14-20-18-10-8-17(9-11-18)16-6-2-1-3-7-16/h1-3,6-11,21H,4-5,12-15H2. The lowest BCUT2D eigenvalue weighted by molar-refractivity contribution is 0.173. The van der Waals surface area contributed by atoms with Crippen molar-refractivity contribution in [3.05, 3.63) is 54.6 Å². The lowest BCUT2D eigenvalue weighted by Gasteiger charge is -2.26. The Morgan fingerprint density at radius 1 is 0.857 bits per heavy atom. The smallest absolute Gasteiger partial charge is 0.119 e. The van der Waals surface area contributed by atoms with E-state index in [-0.39, 0.29) is 0 Å². The van der Waals surface area contributed by atoms with Gasteiger partial charge in [-0.2, -0.15) is 12.6 Å². The van der Waals surface area contributed by atoms with Crippen LogP contribution in [-0.2, 0) is 0 Å². The topological polar surface area (TPSA) is 9.23 Å². The van der Waals surface area contributed by atoms with Gasteiger partial charge in [-0.15, -0.1) is 0 Å². The maximum Gasteiger partial charge on any atom is 0.119 e. The Morgan fingerprint density at radius 2 is 1.48 bits per heavy atom. The number of hydrogen-bond acceptors (Lipinski definition) is 2. The average molecular weight is 298 g/mol. The molecular weight excluding hydrogens is 276 g/mol. The second-order valence-electron chi connectivity index (χ2n) is 6.04. The molecule has 2 heteroatoms. The minimum atomic E-state index is 0.293. The van der Waals surface area contributed by atoms with E-state index in [2.05, 4.69) is 61.2 Å². The molecule has 21 heavy (non-hydrogen) atoms. The molecule has 0 heterocycles. The van der Waals surface area contributed by atoms with Crippen molar-refractivity contribution in [3.63, 3.8) is 0 Å². The fourth-order valence-corrected chi connectivity index (χ4v) is 3.49. The summed E-state index contributed by atoms with van der Waals surface area (Å²) in [6.45, 7) is 0.793. The highest BCUT2D eigenvalue weighted by Gasteiger charge is 2.33. The zero-order chi connectivity index (χ0) is 14.5. The molecule has 1 fully saturated rings. The van der Waals surface area contributed by atoms with Gasteiger partial charge in [-0.1, -0.05) is 55.3 Å². The van der Waals surface area contributed by atoms with E-state index >= 15 is 0 Å². The molecular formula is C19H22OS. The molecule has 1 aliphatic carbocycles. The molecule has 0 amide bonds. The predicted molar refractivity (Wildman–Crippen MR) is 92.1 cm³/mol. The van der Waals surface area contributed by atoms with Crippen molar-refractivity contribution in [3.8, 4) is 16.9 Å². The summed E-state index contributed by atoms with van der Waals surface area (Å²) in [7, 11) is 0. The quantitative estimate of drug-likeness (QED) is 0.744. The summed E-state index contributed by atoms with van der Waals surface area (Å²) >= 11 is 4.53. The first-order chi connectivity index (χ1) is 10.3. The van der Waals surface area contributed by atoms with Gasteiger partial charge in [-0.25, -0.2) is 0 Å². The third kappa shape index (κ3) is 3.44. The minimum absolute atomic E-state index is 0.293. The molecule has 0 atom stereocenters. The van der Waals surface area contributed by atoms with Crippen molar-refractivity contribution in [2.24, 2.45) is 5.41 Å². The van der Waals surface area contributed by atoms with Gasteiger partial charge >= 0.3 is 0 Å². The van der Waals surface area contributed by atoms with Crippen LogP contribution in [0.4, 0.5) is 0 Å². The van der Waals surface area contributed by atoms with Crippen molar-refractivity contribution in [1.82, 2.24) is 0 Å². The maximum absolute atomic E-state index is 6.03. The summed E-state index contributed by atoms with van der Waals surface area (Å²) in [5, 5.41) is 0. The van der Waals surface area contributed by atoms with Crippen LogP contribution in [0.25, 0.3) is 11.1 Å². The van der Waals surface area contributed by atoms with E-state index < -0.39 is 0 Å². The van der Waals surface area contributed by atoms with E-state index in [9.17, 15) is 0 Å². The van der Waals surface area contributed by atoms with E-state index in [4.69, 9.17) is 4.74 Å². The lowest BCUT2D eigenvalue weighted by Crippen LogP contribution is -2.27. The molecule has 0 saturated heterocycles. The molecule has 0 spiro atoms. The molecule has 0 aromatic heterocycles. The predicted octanol–water partition coefficient (Wildman–Crippen LogP) is 5.22.